The largest absolute Gasteiger partial charge is 0.338 e. The summed E-state index contributed by atoms with van der Waals surface area (Å²) < 4.78 is 30.0. The molecule has 8 heteroatoms. The van der Waals surface area contributed by atoms with E-state index in [1.165, 1.54) is 22.3 Å². The second-order valence-corrected chi connectivity index (χ2v) is 21.6. The van der Waals surface area contributed by atoms with Crippen LogP contribution in [0.5, 0.6) is 0 Å². The van der Waals surface area contributed by atoms with Gasteiger partial charge in [0, 0.05) is 59.8 Å². The smallest absolute Gasteiger partial charge is 0.243 e. The molecule has 0 N–H and O–H groups in total. The first-order valence-corrected chi connectivity index (χ1v) is 25.4. The van der Waals surface area contributed by atoms with Crippen LogP contribution in [0.1, 0.15) is 32.0 Å². The molecule has 2 aliphatic heterocycles. The van der Waals surface area contributed by atoms with E-state index >= 15 is 4.57 Å². The average molecular weight is 903 g/mol. The van der Waals surface area contributed by atoms with Crippen LogP contribution in [0, 0.1) is 27.7 Å². The third-order valence-corrected chi connectivity index (χ3v) is 18.7. The fraction of sp³-hybridized carbons (Fsp3) is 0.123. The zero-order valence-electron chi connectivity index (χ0n) is 36.7. The molecule has 1 saturated heterocycles. The number of nitrogens with zero attached hydrogens (tertiary/aromatic N) is 2. The van der Waals surface area contributed by atoms with Crippen molar-refractivity contribution in [1.29, 1.82) is 0 Å². The van der Waals surface area contributed by atoms with E-state index in [-0.39, 0.29) is 0 Å². The number of para-hydroxylation sites is 4. The molecule has 320 valence electrons. The number of ether oxygens (including phenoxy) is 2. The Bertz CT molecular complexity index is 2980. The summed E-state index contributed by atoms with van der Waals surface area (Å²) in [5, 5.41) is 2.37. The molecule has 0 bridgehead atoms. The third kappa shape index (κ3) is 6.93. The number of anilines is 6. The summed E-state index contributed by atoms with van der Waals surface area (Å²) in [6, 6.07) is 65.8. The predicted molar refractivity (Wildman–Crippen MR) is 273 cm³/mol. The summed E-state index contributed by atoms with van der Waals surface area (Å²) in [4.78, 5) is 8.44. The number of rotatable bonds is 9. The number of hydrogen-bond donors (Lipinski definition) is 0. The van der Waals surface area contributed by atoms with Crippen molar-refractivity contribution >= 4 is 79.9 Å². The molecule has 11 rings (SSSR count). The SMILES string of the molecule is Cc1ccccc1N(c1ccc(-c2cc3c(s2)C2(OCCO2)c2sc(-c4ccc(N(c5ccccc5C)c5ccccc5C)cc4)cc2P3(=O)c2ccccc2)cc1)c1ccccc1C. The lowest BCUT2D eigenvalue weighted by Gasteiger charge is -2.35. The van der Waals surface area contributed by atoms with Crippen LogP contribution >= 0.6 is 29.8 Å². The molecule has 0 saturated carbocycles. The van der Waals surface area contributed by atoms with E-state index in [1.54, 1.807) is 22.7 Å². The van der Waals surface area contributed by atoms with Crippen molar-refractivity contribution in [2.75, 3.05) is 23.0 Å². The first-order valence-electron chi connectivity index (χ1n) is 22.0. The Labute approximate surface area is 389 Å². The summed E-state index contributed by atoms with van der Waals surface area (Å²) >= 11 is 3.26. The molecule has 65 heavy (non-hydrogen) atoms. The maximum atomic E-state index is 16.4. The molecule has 2 aliphatic rings. The monoisotopic (exact) mass is 902 g/mol. The van der Waals surface area contributed by atoms with E-state index in [4.69, 9.17) is 9.47 Å². The van der Waals surface area contributed by atoms with Crippen molar-refractivity contribution in [2.45, 2.75) is 33.5 Å². The summed E-state index contributed by atoms with van der Waals surface area (Å²) in [5.74, 6) is -1.15. The van der Waals surface area contributed by atoms with Crippen molar-refractivity contribution in [1.82, 2.24) is 0 Å². The molecule has 1 spiro atoms. The lowest BCUT2D eigenvalue weighted by Crippen LogP contribution is -2.43. The van der Waals surface area contributed by atoms with E-state index in [1.807, 2.05) is 30.3 Å². The lowest BCUT2D eigenvalue weighted by molar-refractivity contribution is -0.123. The summed E-state index contributed by atoms with van der Waals surface area (Å²) in [6.45, 7) is 9.52. The average Bonchev–Trinajstić information content (AvgIpc) is 4.13. The maximum absolute atomic E-state index is 16.4. The van der Waals surface area contributed by atoms with Crippen LogP contribution in [0.2, 0.25) is 0 Å². The highest BCUT2D eigenvalue weighted by molar-refractivity contribution is 7.86. The van der Waals surface area contributed by atoms with Gasteiger partial charge in [-0.1, -0.05) is 127 Å². The fourth-order valence-corrected chi connectivity index (χ4v) is 16.0. The second kappa shape index (κ2) is 16.6. The highest BCUT2D eigenvalue weighted by Crippen LogP contribution is 2.60. The van der Waals surface area contributed by atoms with Crippen LogP contribution in [0.4, 0.5) is 34.1 Å². The van der Waals surface area contributed by atoms with Gasteiger partial charge < -0.3 is 23.8 Å². The number of benzene rings is 7. The van der Waals surface area contributed by atoms with Gasteiger partial charge in [0.05, 0.1) is 23.0 Å². The number of fused-ring (bicyclic) bond motifs is 4. The highest BCUT2D eigenvalue weighted by atomic mass is 32.1. The normalized spacial score (nSPS) is 14.5. The minimum atomic E-state index is -3.41. The van der Waals surface area contributed by atoms with Crippen LogP contribution in [0.3, 0.4) is 0 Å². The highest BCUT2D eigenvalue weighted by Gasteiger charge is 2.56. The van der Waals surface area contributed by atoms with Gasteiger partial charge in [-0.2, -0.15) is 0 Å². The zero-order chi connectivity index (χ0) is 44.3. The standard InChI is InChI=1S/C57H47N2O3PS2/c1-38-16-8-12-22-47(38)58(48-23-13-9-17-39(48)2)44-30-26-42(27-31-44)53-36-51-55(64-53)57(61-34-35-62-57)56-52(63(51,60)46-20-6-5-7-21-46)37-54(65-56)43-28-32-45(33-29-43)59(49-24-14-10-18-40(49)3)50-25-15-11-19-41(50)4/h5-33,36-37H,34-35H2,1-4H3. The van der Waals surface area contributed by atoms with E-state index in [9.17, 15) is 0 Å². The van der Waals surface area contributed by atoms with Gasteiger partial charge in [0.15, 0.2) is 7.14 Å². The van der Waals surface area contributed by atoms with E-state index in [2.05, 4.69) is 195 Å². The molecular formula is C57H47N2O3PS2. The van der Waals surface area contributed by atoms with Crippen molar-refractivity contribution in [3.05, 3.63) is 220 Å². The van der Waals surface area contributed by atoms with Gasteiger partial charge in [0.2, 0.25) is 5.79 Å². The van der Waals surface area contributed by atoms with Crippen molar-refractivity contribution < 1.29 is 14.0 Å². The van der Waals surface area contributed by atoms with Gasteiger partial charge in [0.1, 0.15) is 0 Å². The molecule has 7 aromatic carbocycles. The molecule has 2 aromatic heterocycles. The zero-order valence-corrected chi connectivity index (χ0v) is 39.2. The van der Waals surface area contributed by atoms with Gasteiger partial charge in [-0.05, 0) is 122 Å². The topological polar surface area (TPSA) is 42.0 Å². The van der Waals surface area contributed by atoms with Crippen LogP contribution in [-0.2, 0) is 19.8 Å². The molecule has 1 fully saturated rings. The Hall–Kier alpha value is -6.31. The number of hydrogen-bond acceptors (Lipinski definition) is 7. The number of aryl methyl sites for hydroxylation is 4. The van der Waals surface area contributed by atoms with Crippen molar-refractivity contribution in [3.8, 4) is 20.9 Å². The molecule has 0 atom stereocenters. The van der Waals surface area contributed by atoms with Gasteiger partial charge in [0.25, 0.3) is 0 Å². The Balaban J connectivity index is 1.01. The van der Waals surface area contributed by atoms with Crippen LogP contribution in [0.15, 0.2) is 188 Å². The van der Waals surface area contributed by atoms with Gasteiger partial charge >= 0.3 is 0 Å². The first kappa shape index (κ1) is 41.4. The molecule has 0 unspecified atom stereocenters. The molecule has 0 aliphatic carbocycles. The molecular weight excluding hydrogens is 856 g/mol. The van der Waals surface area contributed by atoms with E-state index < -0.39 is 12.9 Å². The Morgan fingerprint density at radius 2 is 0.785 bits per heavy atom. The summed E-state index contributed by atoms with van der Waals surface area (Å²) in [5.41, 5.74) is 13.5. The molecule has 0 radical (unpaired) electrons. The van der Waals surface area contributed by atoms with Gasteiger partial charge in [-0.15, -0.1) is 22.7 Å². The van der Waals surface area contributed by atoms with Crippen molar-refractivity contribution in [2.24, 2.45) is 0 Å². The lowest BCUT2D eigenvalue weighted by atomic mass is 10.1. The molecule has 0 amide bonds. The number of thiophene rings is 2. The summed E-state index contributed by atoms with van der Waals surface area (Å²) in [6.07, 6.45) is 0. The van der Waals surface area contributed by atoms with Crippen LogP contribution < -0.4 is 25.7 Å². The maximum Gasteiger partial charge on any atom is 0.243 e. The van der Waals surface area contributed by atoms with Gasteiger partial charge in [-0.25, -0.2) is 0 Å². The molecule has 9 aromatic rings. The van der Waals surface area contributed by atoms with Gasteiger partial charge in [-0.3, -0.25) is 0 Å². The quantitative estimate of drug-likeness (QED) is 0.135. The first-order chi connectivity index (χ1) is 31.7. The van der Waals surface area contributed by atoms with E-state index in [0.717, 1.165) is 80.7 Å². The molecule has 5 nitrogen and oxygen atoms in total. The third-order valence-electron chi connectivity index (χ3n) is 12.8. The minimum Gasteiger partial charge on any atom is -0.338 e. The fourth-order valence-electron chi connectivity index (χ4n) is 9.43. The summed E-state index contributed by atoms with van der Waals surface area (Å²) in [7, 11) is -3.41. The predicted octanol–water partition coefficient (Wildman–Crippen LogP) is 14.5. The second-order valence-electron chi connectivity index (χ2n) is 16.8. The van der Waals surface area contributed by atoms with Crippen LogP contribution in [-0.4, -0.2) is 13.2 Å². The Morgan fingerprint density at radius 1 is 0.446 bits per heavy atom. The van der Waals surface area contributed by atoms with Crippen LogP contribution in [0.25, 0.3) is 20.9 Å². The Morgan fingerprint density at radius 3 is 1.14 bits per heavy atom. The molecule has 4 heterocycles. The Kier molecular flexibility index (Phi) is 10.6. The van der Waals surface area contributed by atoms with E-state index in [0.29, 0.717) is 13.2 Å². The van der Waals surface area contributed by atoms with Crippen molar-refractivity contribution in [3.63, 3.8) is 0 Å². The minimum absolute atomic E-state index is 0.444.